The van der Waals surface area contributed by atoms with E-state index in [4.69, 9.17) is 0 Å². The Labute approximate surface area is 130 Å². The van der Waals surface area contributed by atoms with Crippen molar-refractivity contribution < 1.29 is 0 Å². The maximum Gasteiger partial charge on any atom is 0.0194 e. The van der Waals surface area contributed by atoms with Gasteiger partial charge in [0, 0.05) is 5.54 Å². The van der Waals surface area contributed by atoms with Crippen LogP contribution in [0.5, 0.6) is 0 Å². The lowest BCUT2D eigenvalue weighted by atomic mass is 9.43. The monoisotopic (exact) mass is 285 g/mol. The zero-order valence-corrected chi connectivity index (χ0v) is 13.8. The van der Waals surface area contributed by atoms with Crippen LogP contribution in [0.4, 0.5) is 0 Å². The van der Waals surface area contributed by atoms with E-state index in [1.54, 1.807) is 0 Å². The highest BCUT2D eigenvalue weighted by Gasteiger charge is 2.60. The highest BCUT2D eigenvalue weighted by molar-refractivity contribution is 5.15. The molecule has 6 rings (SSSR count). The quantitative estimate of drug-likeness (QED) is 0.751. The summed E-state index contributed by atoms with van der Waals surface area (Å²) in [4.78, 5) is 0. The van der Waals surface area contributed by atoms with Crippen LogP contribution in [0.25, 0.3) is 0 Å². The van der Waals surface area contributed by atoms with E-state index in [1.165, 1.54) is 57.9 Å². The first kappa shape index (κ1) is 13.2. The number of rotatable bonds is 3. The summed E-state index contributed by atoms with van der Waals surface area (Å²) >= 11 is 0. The van der Waals surface area contributed by atoms with Gasteiger partial charge in [0.2, 0.25) is 0 Å². The SMILES string of the molecule is CC12CC3CC(C)(C1)CC(NCC1CC4C=CC1C4)(C3)C2. The molecule has 5 atom stereocenters. The van der Waals surface area contributed by atoms with Crippen molar-refractivity contribution in [3.05, 3.63) is 12.2 Å². The van der Waals surface area contributed by atoms with Gasteiger partial charge in [0.05, 0.1) is 0 Å². The largest absolute Gasteiger partial charge is 0.311 e. The van der Waals surface area contributed by atoms with Gasteiger partial charge in [-0.15, -0.1) is 0 Å². The summed E-state index contributed by atoms with van der Waals surface area (Å²) in [5.74, 6) is 3.79. The molecule has 6 aliphatic carbocycles. The summed E-state index contributed by atoms with van der Waals surface area (Å²) in [6.07, 6.45) is 16.8. The molecule has 116 valence electrons. The van der Waals surface area contributed by atoms with Crippen LogP contribution in [0.1, 0.15) is 65.2 Å². The van der Waals surface area contributed by atoms with E-state index in [2.05, 4.69) is 31.3 Å². The lowest BCUT2D eigenvalue weighted by molar-refractivity contribution is -0.118. The predicted octanol–water partition coefficient (Wildman–Crippen LogP) is 4.54. The molecule has 1 N–H and O–H groups in total. The van der Waals surface area contributed by atoms with Gasteiger partial charge in [0.25, 0.3) is 0 Å². The van der Waals surface area contributed by atoms with Crippen LogP contribution < -0.4 is 5.32 Å². The van der Waals surface area contributed by atoms with Crippen molar-refractivity contribution in [2.24, 2.45) is 34.5 Å². The van der Waals surface area contributed by atoms with E-state index >= 15 is 0 Å². The Kier molecular flexibility index (Phi) is 2.48. The zero-order chi connectivity index (χ0) is 14.3. The van der Waals surface area contributed by atoms with Crippen LogP contribution >= 0.6 is 0 Å². The number of fused-ring (bicyclic) bond motifs is 2. The van der Waals surface area contributed by atoms with Crippen molar-refractivity contribution in [2.75, 3.05) is 6.54 Å². The first-order chi connectivity index (χ1) is 9.95. The predicted molar refractivity (Wildman–Crippen MR) is 87.0 cm³/mol. The summed E-state index contributed by atoms with van der Waals surface area (Å²) in [6, 6.07) is 0. The third-order valence-corrected chi connectivity index (χ3v) is 7.78. The second-order valence-electron chi connectivity index (χ2n) is 10.3. The zero-order valence-electron chi connectivity index (χ0n) is 13.8. The molecule has 0 aromatic rings. The average Bonchev–Trinajstić information content (AvgIpc) is 2.93. The third kappa shape index (κ3) is 1.99. The summed E-state index contributed by atoms with van der Waals surface area (Å²) in [5, 5.41) is 4.17. The van der Waals surface area contributed by atoms with E-state index in [1.807, 2.05) is 0 Å². The summed E-state index contributed by atoms with van der Waals surface area (Å²) < 4.78 is 0. The van der Waals surface area contributed by atoms with E-state index < -0.39 is 0 Å². The molecule has 0 radical (unpaired) electrons. The van der Waals surface area contributed by atoms with Gasteiger partial charge < -0.3 is 5.32 Å². The fourth-order valence-corrected chi connectivity index (χ4v) is 8.12. The molecule has 0 amide bonds. The minimum absolute atomic E-state index is 0.508. The molecule has 6 aliphatic rings. The van der Waals surface area contributed by atoms with E-state index in [0.29, 0.717) is 16.4 Å². The summed E-state index contributed by atoms with van der Waals surface area (Å²) in [6.45, 7) is 6.48. The maximum absolute atomic E-state index is 4.17. The Morgan fingerprint density at radius 2 is 1.71 bits per heavy atom. The van der Waals surface area contributed by atoms with Gasteiger partial charge in [-0.05, 0) is 92.4 Å². The van der Waals surface area contributed by atoms with Crippen LogP contribution in [-0.2, 0) is 0 Å². The number of allylic oxidation sites excluding steroid dienone is 2. The minimum atomic E-state index is 0.508. The normalized spacial score (nSPS) is 60.1. The highest BCUT2D eigenvalue weighted by atomic mass is 15.0. The Balaban J connectivity index is 1.33. The van der Waals surface area contributed by atoms with E-state index in [9.17, 15) is 0 Å². The van der Waals surface area contributed by atoms with Gasteiger partial charge in [-0.2, -0.15) is 0 Å². The Hall–Kier alpha value is -0.300. The molecule has 0 aliphatic heterocycles. The summed E-state index contributed by atoms with van der Waals surface area (Å²) in [7, 11) is 0. The molecule has 5 saturated carbocycles. The fourth-order valence-electron chi connectivity index (χ4n) is 8.12. The second-order valence-corrected chi connectivity index (χ2v) is 10.3. The van der Waals surface area contributed by atoms with Crippen LogP contribution in [0.2, 0.25) is 0 Å². The molecule has 5 unspecified atom stereocenters. The van der Waals surface area contributed by atoms with E-state index in [-0.39, 0.29) is 0 Å². The van der Waals surface area contributed by atoms with Crippen molar-refractivity contribution in [3.63, 3.8) is 0 Å². The molecule has 0 heterocycles. The van der Waals surface area contributed by atoms with Gasteiger partial charge in [-0.1, -0.05) is 26.0 Å². The molecule has 1 nitrogen and oxygen atoms in total. The molecule has 1 heteroatoms. The highest BCUT2D eigenvalue weighted by Crippen LogP contribution is 2.66. The molecule has 6 bridgehead atoms. The van der Waals surface area contributed by atoms with Gasteiger partial charge in [-0.3, -0.25) is 0 Å². The van der Waals surface area contributed by atoms with Crippen molar-refractivity contribution in [3.8, 4) is 0 Å². The average molecular weight is 285 g/mol. The van der Waals surface area contributed by atoms with Crippen molar-refractivity contribution in [1.29, 1.82) is 0 Å². The third-order valence-electron chi connectivity index (χ3n) is 7.78. The van der Waals surface area contributed by atoms with Crippen LogP contribution in [0, 0.1) is 34.5 Å². The first-order valence-electron chi connectivity index (χ1n) is 9.38. The lowest BCUT2D eigenvalue weighted by Crippen LogP contribution is -2.64. The lowest BCUT2D eigenvalue weighted by Gasteiger charge is -2.65. The number of hydrogen-bond acceptors (Lipinski definition) is 1. The molecule has 5 fully saturated rings. The standard InChI is InChI=1S/C20H31N/c1-18-7-15-8-19(2,11-18)13-20(9-15,12-18)21-10-17-6-14-3-4-16(17)5-14/h3-4,14-17,21H,5-13H2,1-2H3. The second kappa shape index (κ2) is 3.96. The Bertz CT molecular complexity index is 474. The summed E-state index contributed by atoms with van der Waals surface area (Å²) in [5.41, 5.74) is 1.81. The van der Waals surface area contributed by atoms with Gasteiger partial charge in [0.15, 0.2) is 0 Å². The van der Waals surface area contributed by atoms with Crippen LogP contribution in [0.15, 0.2) is 12.2 Å². The first-order valence-corrected chi connectivity index (χ1v) is 9.38. The molecule has 21 heavy (non-hydrogen) atoms. The topological polar surface area (TPSA) is 12.0 Å². The van der Waals surface area contributed by atoms with Crippen molar-refractivity contribution in [1.82, 2.24) is 5.32 Å². The smallest absolute Gasteiger partial charge is 0.0194 e. The van der Waals surface area contributed by atoms with Crippen molar-refractivity contribution in [2.45, 2.75) is 70.8 Å². The van der Waals surface area contributed by atoms with Gasteiger partial charge in [-0.25, -0.2) is 0 Å². The molecule has 0 saturated heterocycles. The van der Waals surface area contributed by atoms with Crippen LogP contribution in [0.3, 0.4) is 0 Å². The molecule has 0 aromatic heterocycles. The minimum Gasteiger partial charge on any atom is -0.311 e. The molecule has 0 spiro atoms. The number of nitrogens with one attached hydrogen (secondary N) is 1. The van der Waals surface area contributed by atoms with Gasteiger partial charge >= 0.3 is 0 Å². The maximum atomic E-state index is 4.17. The molecular weight excluding hydrogens is 254 g/mol. The number of hydrogen-bond donors (Lipinski definition) is 1. The fraction of sp³-hybridized carbons (Fsp3) is 0.900. The Morgan fingerprint density at radius 3 is 2.29 bits per heavy atom. The Morgan fingerprint density at radius 1 is 0.952 bits per heavy atom. The molecular formula is C20H31N. The van der Waals surface area contributed by atoms with Crippen LogP contribution in [-0.4, -0.2) is 12.1 Å². The molecule has 0 aromatic carbocycles. The van der Waals surface area contributed by atoms with E-state index in [0.717, 1.165) is 23.7 Å². The van der Waals surface area contributed by atoms with Crippen molar-refractivity contribution >= 4 is 0 Å². The van der Waals surface area contributed by atoms with Gasteiger partial charge in [0.1, 0.15) is 0 Å².